The molecule has 3 rings (SSSR count). The number of nitrogens with one attached hydrogen (secondary N) is 1. The fourth-order valence-corrected chi connectivity index (χ4v) is 3.87. The van der Waals surface area contributed by atoms with Crippen LogP contribution in [0, 0.1) is 0 Å². The second-order valence-electron chi connectivity index (χ2n) is 6.20. The second-order valence-corrected chi connectivity index (χ2v) is 8.19. The van der Waals surface area contributed by atoms with E-state index in [-0.39, 0.29) is 19.1 Å². The highest BCUT2D eigenvalue weighted by Gasteiger charge is 2.26. The van der Waals surface area contributed by atoms with E-state index in [9.17, 15) is 13.2 Å². The van der Waals surface area contributed by atoms with Crippen molar-refractivity contribution < 1.29 is 18.3 Å². The van der Waals surface area contributed by atoms with Gasteiger partial charge in [0.25, 0.3) is 0 Å². The summed E-state index contributed by atoms with van der Waals surface area (Å²) in [7, 11) is -3.22. The Bertz CT molecular complexity index is 887. The molecule has 0 spiro atoms. The van der Waals surface area contributed by atoms with Crippen LogP contribution in [0.25, 0.3) is 11.0 Å². The first-order valence-corrected chi connectivity index (χ1v) is 10.3. The topological polar surface area (TPSA) is 108 Å². The molecule has 0 radical (unpaired) electrons. The number of aromatic nitrogens is 2. The zero-order chi connectivity index (χ0) is 18.7. The summed E-state index contributed by atoms with van der Waals surface area (Å²) in [4.78, 5) is 18.9. The van der Waals surface area contributed by atoms with E-state index in [4.69, 9.17) is 5.11 Å². The number of carbonyl (C=O) groups excluding carboxylic acids is 1. The Labute approximate surface area is 152 Å². The van der Waals surface area contributed by atoms with Crippen molar-refractivity contribution in [2.45, 2.75) is 6.54 Å². The van der Waals surface area contributed by atoms with Gasteiger partial charge in [-0.3, -0.25) is 4.79 Å². The van der Waals surface area contributed by atoms with Crippen molar-refractivity contribution in [1.82, 2.24) is 18.8 Å². The molecule has 0 unspecified atom stereocenters. The molecule has 0 aliphatic carbocycles. The highest BCUT2D eigenvalue weighted by atomic mass is 32.2. The molecule has 9 nitrogen and oxygen atoms in total. The van der Waals surface area contributed by atoms with Crippen molar-refractivity contribution in [1.29, 1.82) is 0 Å². The third-order valence-corrected chi connectivity index (χ3v) is 5.71. The molecule has 1 fully saturated rings. The van der Waals surface area contributed by atoms with Crippen LogP contribution in [0.5, 0.6) is 0 Å². The number of amides is 1. The second kappa shape index (κ2) is 7.60. The lowest BCUT2D eigenvalue weighted by molar-refractivity contribution is -0.132. The number of para-hydroxylation sites is 2. The number of aliphatic hydroxyl groups excluding tert-OH is 1. The molecule has 1 aromatic carbocycles. The van der Waals surface area contributed by atoms with Crippen LogP contribution in [0.4, 0.5) is 5.95 Å². The van der Waals surface area contributed by atoms with Crippen LogP contribution in [0.2, 0.25) is 0 Å². The Morgan fingerprint density at radius 2 is 1.92 bits per heavy atom. The fraction of sp³-hybridized carbons (Fsp3) is 0.500. The first kappa shape index (κ1) is 18.6. The minimum atomic E-state index is -3.22. The van der Waals surface area contributed by atoms with Gasteiger partial charge in [-0.05, 0) is 12.1 Å². The van der Waals surface area contributed by atoms with Crippen LogP contribution in [0.15, 0.2) is 24.3 Å². The molecule has 2 N–H and O–H groups in total. The third kappa shape index (κ3) is 3.97. The highest BCUT2D eigenvalue weighted by Crippen LogP contribution is 2.20. The number of fused-ring (bicyclic) bond motifs is 1. The summed E-state index contributed by atoms with van der Waals surface area (Å²) in [5.74, 6) is 0.441. The summed E-state index contributed by atoms with van der Waals surface area (Å²) >= 11 is 0. The quantitative estimate of drug-likeness (QED) is 0.701. The van der Waals surface area contributed by atoms with E-state index < -0.39 is 10.0 Å². The molecule has 10 heteroatoms. The van der Waals surface area contributed by atoms with Crippen LogP contribution in [0.3, 0.4) is 0 Å². The number of carbonyl (C=O) groups is 1. The van der Waals surface area contributed by atoms with Crippen molar-refractivity contribution in [2.24, 2.45) is 0 Å². The van der Waals surface area contributed by atoms with Gasteiger partial charge < -0.3 is 19.9 Å². The van der Waals surface area contributed by atoms with Crippen molar-refractivity contribution in [3.63, 3.8) is 0 Å². The van der Waals surface area contributed by atoms with Gasteiger partial charge in [-0.25, -0.2) is 13.4 Å². The maximum atomic E-state index is 12.7. The van der Waals surface area contributed by atoms with Crippen molar-refractivity contribution in [3.05, 3.63) is 24.3 Å². The number of rotatable bonds is 6. The summed E-state index contributed by atoms with van der Waals surface area (Å²) in [6.07, 6.45) is 1.18. The van der Waals surface area contributed by atoms with Gasteiger partial charge in [0.2, 0.25) is 21.9 Å². The number of anilines is 1. The van der Waals surface area contributed by atoms with Crippen LogP contribution in [0.1, 0.15) is 0 Å². The molecule has 1 aliphatic rings. The molecule has 0 atom stereocenters. The van der Waals surface area contributed by atoms with Gasteiger partial charge in [-0.1, -0.05) is 12.1 Å². The van der Waals surface area contributed by atoms with Crippen LogP contribution < -0.4 is 5.32 Å². The van der Waals surface area contributed by atoms with E-state index in [1.165, 1.54) is 10.6 Å². The van der Waals surface area contributed by atoms with Crippen molar-refractivity contribution in [3.8, 4) is 0 Å². The maximum absolute atomic E-state index is 12.7. The predicted molar refractivity (Wildman–Crippen MR) is 98.3 cm³/mol. The molecule has 2 heterocycles. The number of hydrogen-bond acceptors (Lipinski definition) is 6. The summed E-state index contributed by atoms with van der Waals surface area (Å²) in [6.45, 7) is 1.77. The number of imidazole rings is 1. The lowest BCUT2D eigenvalue weighted by Crippen LogP contribution is -2.51. The van der Waals surface area contributed by atoms with E-state index in [1.807, 2.05) is 24.3 Å². The van der Waals surface area contributed by atoms with Gasteiger partial charge in [-0.2, -0.15) is 4.31 Å². The Morgan fingerprint density at radius 3 is 2.58 bits per heavy atom. The van der Waals surface area contributed by atoms with Gasteiger partial charge in [0, 0.05) is 32.7 Å². The summed E-state index contributed by atoms with van der Waals surface area (Å²) in [5, 5.41) is 12.1. The Hall–Kier alpha value is -2.17. The summed E-state index contributed by atoms with van der Waals surface area (Å²) < 4.78 is 26.4. The molecule has 1 saturated heterocycles. The number of nitrogens with zero attached hydrogens (tertiary/aromatic N) is 4. The zero-order valence-electron chi connectivity index (χ0n) is 14.6. The van der Waals surface area contributed by atoms with E-state index in [1.54, 1.807) is 9.47 Å². The molecule has 1 aromatic heterocycles. The SMILES string of the molecule is CS(=O)(=O)N1CCN(C(=O)Cn2c(NCCO)nc3ccccc32)CC1. The highest BCUT2D eigenvalue weighted by molar-refractivity contribution is 7.88. The first-order chi connectivity index (χ1) is 12.4. The van der Waals surface area contributed by atoms with Crippen LogP contribution >= 0.6 is 0 Å². The number of sulfonamides is 1. The van der Waals surface area contributed by atoms with Gasteiger partial charge in [-0.15, -0.1) is 0 Å². The minimum Gasteiger partial charge on any atom is -0.395 e. The molecule has 1 aliphatic heterocycles. The largest absolute Gasteiger partial charge is 0.395 e. The lowest BCUT2D eigenvalue weighted by atomic mass is 10.3. The standard InChI is InChI=1S/C16H23N5O4S/c1-26(24,25)20-9-7-19(8-10-20)15(23)12-21-14-5-3-2-4-13(14)18-16(21)17-6-11-22/h2-5,22H,6-12H2,1H3,(H,17,18). The lowest BCUT2D eigenvalue weighted by Gasteiger charge is -2.33. The van der Waals surface area contributed by atoms with Gasteiger partial charge >= 0.3 is 0 Å². The third-order valence-electron chi connectivity index (χ3n) is 4.40. The molecule has 2 aromatic rings. The van der Waals surface area contributed by atoms with E-state index in [0.717, 1.165) is 11.0 Å². The number of piperazine rings is 1. The van der Waals surface area contributed by atoms with Gasteiger partial charge in [0.15, 0.2) is 0 Å². The normalized spacial score (nSPS) is 16.2. The summed E-state index contributed by atoms with van der Waals surface area (Å²) in [5.41, 5.74) is 1.60. The molecule has 1 amide bonds. The molecule has 0 bridgehead atoms. The van der Waals surface area contributed by atoms with Crippen LogP contribution in [-0.2, 0) is 21.4 Å². The smallest absolute Gasteiger partial charge is 0.242 e. The zero-order valence-corrected chi connectivity index (χ0v) is 15.4. The van der Waals surface area contributed by atoms with Gasteiger partial charge in [0.05, 0.1) is 23.9 Å². The average Bonchev–Trinajstić information content (AvgIpc) is 2.97. The Kier molecular flexibility index (Phi) is 5.44. The monoisotopic (exact) mass is 381 g/mol. The van der Waals surface area contributed by atoms with E-state index >= 15 is 0 Å². The molecular formula is C16H23N5O4S. The van der Waals surface area contributed by atoms with Gasteiger partial charge in [0.1, 0.15) is 6.54 Å². The molecule has 26 heavy (non-hydrogen) atoms. The number of aliphatic hydroxyl groups is 1. The average molecular weight is 381 g/mol. The van der Waals surface area contributed by atoms with E-state index in [2.05, 4.69) is 10.3 Å². The fourth-order valence-electron chi connectivity index (χ4n) is 3.04. The predicted octanol–water partition coefficient (Wildman–Crippen LogP) is -0.456. The Morgan fingerprint density at radius 1 is 1.23 bits per heavy atom. The number of benzene rings is 1. The first-order valence-electron chi connectivity index (χ1n) is 8.43. The van der Waals surface area contributed by atoms with E-state index in [0.29, 0.717) is 38.7 Å². The summed E-state index contributed by atoms with van der Waals surface area (Å²) in [6, 6.07) is 7.51. The molecule has 142 valence electrons. The maximum Gasteiger partial charge on any atom is 0.242 e. The molecular weight excluding hydrogens is 358 g/mol. The Balaban J connectivity index is 1.75. The van der Waals surface area contributed by atoms with Crippen molar-refractivity contribution >= 4 is 32.9 Å². The minimum absolute atomic E-state index is 0.0371. The number of hydrogen-bond donors (Lipinski definition) is 2. The van der Waals surface area contributed by atoms with Crippen LogP contribution in [-0.4, -0.2) is 83.8 Å². The van der Waals surface area contributed by atoms with Crippen molar-refractivity contribution in [2.75, 3.05) is 50.9 Å². The molecule has 0 saturated carbocycles.